The molecule has 1 saturated heterocycles. The minimum Gasteiger partial charge on any atom is -0.422 e. The maximum Gasteiger partial charge on any atom is 0.190 e. The van der Waals surface area contributed by atoms with E-state index in [4.69, 9.17) is 4.43 Å². The van der Waals surface area contributed by atoms with Crippen LogP contribution in [0.2, 0.25) is 24.2 Å². The van der Waals surface area contributed by atoms with Crippen LogP contribution >= 0.6 is 0 Å². The SMILES string of the molecule is C=CC[Si]1(CC=C)CO[Si]1(CC=C)CC=C. The first-order valence-electron chi connectivity index (χ1n) is 5.78. The van der Waals surface area contributed by atoms with E-state index >= 15 is 0 Å². The summed E-state index contributed by atoms with van der Waals surface area (Å²) in [5, 5.41) is 0. The van der Waals surface area contributed by atoms with E-state index in [1.54, 1.807) is 0 Å². The van der Waals surface area contributed by atoms with Gasteiger partial charge in [0.25, 0.3) is 0 Å². The molecule has 1 heterocycles. The lowest BCUT2D eigenvalue weighted by Gasteiger charge is -2.55. The second kappa shape index (κ2) is 5.61. The van der Waals surface area contributed by atoms with Crippen molar-refractivity contribution in [3.8, 4) is 0 Å². The molecule has 0 amide bonds. The quantitative estimate of drug-likeness (QED) is 0.471. The zero-order valence-corrected chi connectivity index (χ0v) is 12.1. The maximum atomic E-state index is 6.08. The molecule has 0 radical (unpaired) electrons. The third kappa shape index (κ3) is 2.07. The molecule has 0 unspecified atom stereocenters. The van der Waals surface area contributed by atoms with Gasteiger partial charge in [0.15, 0.2) is 7.83 Å². The van der Waals surface area contributed by atoms with Gasteiger partial charge in [-0.2, -0.15) is 0 Å². The fourth-order valence-corrected chi connectivity index (χ4v) is 17.6. The van der Waals surface area contributed by atoms with Crippen LogP contribution in [0, 0.1) is 0 Å². The van der Waals surface area contributed by atoms with Crippen LogP contribution in [0.1, 0.15) is 0 Å². The number of rotatable bonds is 8. The molecule has 1 fully saturated rings. The molecule has 1 nitrogen and oxygen atoms in total. The van der Waals surface area contributed by atoms with Crippen molar-refractivity contribution in [2.24, 2.45) is 0 Å². The first-order chi connectivity index (χ1) is 7.70. The van der Waals surface area contributed by atoms with E-state index in [0.29, 0.717) is 0 Å². The van der Waals surface area contributed by atoms with Gasteiger partial charge in [-0.3, -0.25) is 0 Å². The summed E-state index contributed by atoms with van der Waals surface area (Å²) >= 11 is 0. The summed E-state index contributed by atoms with van der Waals surface area (Å²) in [6, 6.07) is 4.44. The number of hydrogen-bond donors (Lipinski definition) is 0. The molecule has 0 aromatic carbocycles. The highest BCUT2D eigenvalue weighted by atomic mass is 29.3. The van der Waals surface area contributed by atoms with Crippen LogP contribution in [0.25, 0.3) is 0 Å². The zero-order valence-electron chi connectivity index (χ0n) is 10.1. The highest BCUT2D eigenvalue weighted by Crippen LogP contribution is 2.43. The highest BCUT2D eigenvalue weighted by molar-refractivity contribution is 7.43. The average molecular weight is 250 g/mol. The molecule has 16 heavy (non-hydrogen) atoms. The van der Waals surface area contributed by atoms with E-state index in [1.807, 2.05) is 12.2 Å². The zero-order chi connectivity index (χ0) is 12.1. The van der Waals surface area contributed by atoms with Gasteiger partial charge in [-0.15, -0.1) is 26.3 Å². The summed E-state index contributed by atoms with van der Waals surface area (Å²) < 4.78 is 6.08. The van der Waals surface area contributed by atoms with Crippen molar-refractivity contribution in [2.75, 3.05) is 6.23 Å². The summed E-state index contributed by atoms with van der Waals surface area (Å²) in [6.45, 7) is 15.6. The van der Waals surface area contributed by atoms with Gasteiger partial charge in [0.05, 0.1) is 0 Å². The van der Waals surface area contributed by atoms with Crippen molar-refractivity contribution in [3.63, 3.8) is 0 Å². The third-order valence-electron chi connectivity index (χ3n) is 3.61. The molecule has 0 aliphatic carbocycles. The minimum absolute atomic E-state index is 0.985. The fraction of sp³-hybridized carbons (Fsp3) is 0.385. The van der Waals surface area contributed by atoms with E-state index in [1.165, 1.54) is 0 Å². The molecule has 0 atom stereocenters. The summed E-state index contributed by atoms with van der Waals surface area (Å²) in [5.74, 6) is 0. The fourth-order valence-electron chi connectivity index (χ4n) is 2.71. The Morgan fingerprint density at radius 2 is 1.25 bits per heavy atom. The van der Waals surface area contributed by atoms with Crippen LogP contribution in [0.15, 0.2) is 50.6 Å². The van der Waals surface area contributed by atoms with Crippen molar-refractivity contribution < 1.29 is 4.43 Å². The standard InChI is InChI=1S/C13H22OSi2/c1-5-9-15(10-6-2)13-14-16(15,11-7-3)12-8-4/h5-8H,1-4,9-13H2. The van der Waals surface area contributed by atoms with Crippen molar-refractivity contribution >= 4 is 15.4 Å². The van der Waals surface area contributed by atoms with Crippen LogP contribution in [-0.4, -0.2) is 21.7 Å². The van der Waals surface area contributed by atoms with Gasteiger partial charge < -0.3 is 4.43 Å². The van der Waals surface area contributed by atoms with E-state index in [2.05, 4.69) is 38.5 Å². The van der Waals surface area contributed by atoms with Crippen LogP contribution in [-0.2, 0) is 4.43 Å². The van der Waals surface area contributed by atoms with E-state index in [9.17, 15) is 0 Å². The molecule has 3 heteroatoms. The number of allylic oxidation sites excluding steroid dienone is 4. The number of hydrogen-bond acceptors (Lipinski definition) is 1. The Morgan fingerprint density at radius 1 is 0.812 bits per heavy atom. The lowest BCUT2D eigenvalue weighted by molar-refractivity contribution is 0.338. The molecule has 0 saturated carbocycles. The van der Waals surface area contributed by atoms with Crippen molar-refractivity contribution in [3.05, 3.63) is 50.6 Å². The van der Waals surface area contributed by atoms with Crippen LogP contribution in [0.4, 0.5) is 0 Å². The largest absolute Gasteiger partial charge is 0.422 e. The topological polar surface area (TPSA) is 9.23 Å². The van der Waals surface area contributed by atoms with Gasteiger partial charge in [0, 0.05) is 6.23 Å². The minimum atomic E-state index is -1.60. The van der Waals surface area contributed by atoms with Crippen molar-refractivity contribution in [2.45, 2.75) is 24.2 Å². The van der Waals surface area contributed by atoms with Crippen LogP contribution in [0.5, 0.6) is 0 Å². The Hall–Kier alpha value is -0.646. The molecule has 0 aromatic heterocycles. The van der Waals surface area contributed by atoms with Crippen LogP contribution in [0.3, 0.4) is 0 Å². The van der Waals surface area contributed by atoms with Gasteiger partial charge >= 0.3 is 0 Å². The highest BCUT2D eigenvalue weighted by Gasteiger charge is 2.61. The molecule has 1 aliphatic heterocycles. The lowest BCUT2D eigenvalue weighted by Crippen LogP contribution is -2.76. The lowest BCUT2D eigenvalue weighted by atomic mass is 10.7. The molecule has 0 aromatic rings. The van der Waals surface area contributed by atoms with Crippen molar-refractivity contribution in [1.82, 2.24) is 0 Å². The first-order valence-corrected chi connectivity index (χ1v) is 11.7. The molecule has 1 aliphatic rings. The molecular weight excluding hydrogens is 228 g/mol. The predicted molar refractivity (Wildman–Crippen MR) is 77.5 cm³/mol. The Balaban J connectivity index is 2.96. The summed E-state index contributed by atoms with van der Waals surface area (Å²) in [5.41, 5.74) is 0. The second-order valence-electron chi connectivity index (χ2n) is 4.53. The normalized spacial score (nSPS) is 20.5. The van der Waals surface area contributed by atoms with E-state index < -0.39 is 15.4 Å². The Labute approximate surface area is 101 Å². The second-order valence-corrected chi connectivity index (χ2v) is 17.2. The molecule has 0 N–H and O–H groups in total. The Morgan fingerprint density at radius 3 is 1.50 bits per heavy atom. The smallest absolute Gasteiger partial charge is 0.190 e. The monoisotopic (exact) mass is 250 g/mol. The summed E-state index contributed by atoms with van der Waals surface area (Å²) in [7, 11) is -2.93. The maximum absolute atomic E-state index is 6.08. The Kier molecular flexibility index (Phi) is 4.71. The molecular formula is C13H22OSi2. The van der Waals surface area contributed by atoms with Crippen LogP contribution < -0.4 is 0 Å². The first kappa shape index (κ1) is 13.4. The molecule has 1 rings (SSSR count). The summed E-state index contributed by atoms with van der Waals surface area (Å²) in [6.07, 6.45) is 9.20. The van der Waals surface area contributed by atoms with Gasteiger partial charge in [0.2, 0.25) is 0 Å². The van der Waals surface area contributed by atoms with E-state index in [0.717, 1.165) is 30.4 Å². The van der Waals surface area contributed by atoms with Gasteiger partial charge in [-0.05, 0) is 24.2 Å². The third-order valence-corrected chi connectivity index (χ3v) is 20.4. The van der Waals surface area contributed by atoms with Gasteiger partial charge in [-0.25, -0.2) is 0 Å². The van der Waals surface area contributed by atoms with Crippen molar-refractivity contribution in [1.29, 1.82) is 0 Å². The molecule has 88 valence electrons. The van der Waals surface area contributed by atoms with Gasteiger partial charge in [0.1, 0.15) is 7.59 Å². The predicted octanol–water partition coefficient (Wildman–Crippen LogP) is 3.77. The van der Waals surface area contributed by atoms with Gasteiger partial charge in [-0.1, -0.05) is 24.3 Å². The molecule has 0 spiro atoms. The Bertz CT molecular complexity index is 246. The average Bonchev–Trinajstić information content (AvgIpc) is 2.27. The molecule has 0 bridgehead atoms. The van der Waals surface area contributed by atoms with E-state index in [-0.39, 0.29) is 0 Å². The summed E-state index contributed by atoms with van der Waals surface area (Å²) in [4.78, 5) is 0.